The fourth-order valence-electron chi connectivity index (χ4n) is 6.29. The van der Waals surface area contributed by atoms with Gasteiger partial charge in [-0.25, -0.2) is 9.10 Å². The van der Waals surface area contributed by atoms with E-state index in [1.807, 2.05) is 0 Å². The monoisotopic (exact) mass is 612 g/mol. The van der Waals surface area contributed by atoms with Crippen molar-refractivity contribution in [2.75, 3.05) is 24.5 Å². The second-order valence-corrected chi connectivity index (χ2v) is 11.2. The first-order chi connectivity index (χ1) is 19.8. The van der Waals surface area contributed by atoms with Crippen molar-refractivity contribution in [3.05, 3.63) is 65.4 Å². The third kappa shape index (κ3) is 5.98. The molecule has 6 rings (SSSR count). The molecule has 1 aromatic heterocycles. The summed E-state index contributed by atoms with van der Waals surface area (Å²) in [5.41, 5.74) is -2.38. The number of fused-ring (bicyclic) bond motifs is 4. The van der Waals surface area contributed by atoms with Gasteiger partial charge in [0, 0.05) is 24.2 Å². The van der Waals surface area contributed by atoms with E-state index in [4.69, 9.17) is 4.74 Å². The van der Waals surface area contributed by atoms with E-state index in [-0.39, 0.29) is 12.1 Å². The van der Waals surface area contributed by atoms with Crippen molar-refractivity contribution in [3.63, 3.8) is 0 Å². The van der Waals surface area contributed by atoms with Crippen LogP contribution >= 0.6 is 12.8 Å². The quantitative estimate of drug-likeness (QED) is 0.224. The zero-order chi connectivity index (χ0) is 30.4. The molecule has 5 atom stereocenters. The van der Waals surface area contributed by atoms with E-state index >= 15 is 0 Å². The summed E-state index contributed by atoms with van der Waals surface area (Å²) in [6, 6.07) is 6.26. The maximum atomic E-state index is 13.6. The van der Waals surface area contributed by atoms with E-state index in [0.29, 0.717) is 50.5 Å². The predicted octanol–water partition coefficient (Wildman–Crippen LogP) is 7.50. The van der Waals surface area contributed by atoms with Crippen LogP contribution in [0.5, 0.6) is 5.75 Å². The van der Waals surface area contributed by atoms with E-state index in [1.165, 1.54) is 7.11 Å². The van der Waals surface area contributed by atoms with Gasteiger partial charge in [-0.1, -0.05) is 26.2 Å². The Kier molecular flexibility index (Phi) is 8.27. The number of halogens is 6. The van der Waals surface area contributed by atoms with E-state index in [0.717, 1.165) is 32.4 Å². The number of pyridine rings is 1. The molecule has 0 saturated carbocycles. The summed E-state index contributed by atoms with van der Waals surface area (Å²) < 4.78 is 86.9. The van der Waals surface area contributed by atoms with Gasteiger partial charge in [0.05, 0.1) is 35.5 Å². The molecule has 2 aromatic carbocycles. The van der Waals surface area contributed by atoms with Gasteiger partial charge in [-0.3, -0.25) is 9.88 Å². The third-order valence-corrected chi connectivity index (χ3v) is 8.86. The maximum Gasteiger partial charge on any atom is 0.416 e. The van der Waals surface area contributed by atoms with Crippen LogP contribution in [0.25, 0.3) is 10.9 Å². The Balaban J connectivity index is 1.55. The zero-order valence-corrected chi connectivity index (χ0v) is 23.7. The molecule has 3 fully saturated rings. The van der Waals surface area contributed by atoms with Crippen molar-refractivity contribution < 1.29 is 35.9 Å². The highest BCUT2D eigenvalue weighted by Gasteiger charge is 2.44. The van der Waals surface area contributed by atoms with Gasteiger partial charge >= 0.3 is 18.4 Å². The first-order valence-electron chi connectivity index (χ1n) is 13.6. The molecule has 0 aliphatic carbocycles. The van der Waals surface area contributed by atoms with Crippen LogP contribution in [0.3, 0.4) is 0 Å². The van der Waals surface area contributed by atoms with Gasteiger partial charge in [-0.15, -0.1) is 0 Å². The van der Waals surface area contributed by atoms with Gasteiger partial charge in [0.25, 0.3) is 0 Å². The number of nitrogens with zero attached hydrogens (tertiary/aromatic N) is 3. The number of nitrogens with one attached hydrogen (secondary N) is 1. The van der Waals surface area contributed by atoms with Gasteiger partial charge < -0.3 is 10.1 Å². The highest BCUT2D eigenvalue weighted by Crippen LogP contribution is 2.44. The summed E-state index contributed by atoms with van der Waals surface area (Å²) in [6.07, 6.45) is -5.72. The van der Waals surface area contributed by atoms with Crippen LogP contribution < -0.4 is 14.4 Å². The highest BCUT2D eigenvalue weighted by atomic mass is 32.1. The minimum Gasteiger partial charge on any atom is -0.497 e. The van der Waals surface area contributed by atoms with Gasteiger partial charge in [-0.05, 0) is 79.3 Å². The number of thiol groups is 1. The molecule has 13 heteroatoms. The first-order valence-corrected chi connectivity index (χ1v) is 14.0. The molecule has 42 heavy (non-hydrogen) atoms. The second kappa shape index (κ2) is 11.5. The Morgan fingerprint density at radius 1 is 1.12 bits per heavy atom. The molecule has 2 bridgehead atoms. The van der Waals surface area contributed by atoms with Crippen LogP contribution in [-0.2, 0) is 12.4 Å². The smallest absolute Gasteiger partial charge is 0.416 e. The number of rotatable bonds is 6. The topological polar surface area (TPSA) is 57.7 Å². The number of piperidine rings is 3. The summed E-state index contributed by atoms with van der Waals surface area (Å²) in [7, 11) is 1.52. The van der Waals surface area contributed by atoms with Gasteiger partial charge in [0.15, 0.2) is 0 Å². The average molecular weight is 613 g/mol. The SMILES string of the molecule is CCC1CN2CCC1CC2C(NC(=O)N(S)c1cc(C(F)(F)F)cc(C(F)(F)F)c1)c1ccnc2ccc(OC)cc12. The molecule has 3 aromatic rings. The first kappa shape index (κ1) is 30.3. The Hall–Kier alpha value is -3.19. The summed E-state index contributed by atoms with van der Waals surface area (Å²) in [6.45, 7) is 3.79. The van der Waals surface area contributed by atoms with Crippen LogP contribution in [0.1, 0.15) is 48.9 Å². The van der Waals surface area contributed by atoms with Crippen LogP contribution in [0.2, 0.25) is 0 Å². The molecule has 5 unspecified atom stereocenters. The highest BCUT2D eigenvalue weighted by molar-refractivity contribution is 7.82. The Labute approximate surface area is 244 Å². The van der Waals surface area contributed by atoms with E-state index < -0.39 is 41.2 Å². The van der Waals surface area contributed by atoms with E-state index in [9.17, 15) is 31.1 Å². The van der Waals surface area contributed by atoms with Crippen LogP contribution in [-0.4, -0.2) is 42.2 Å². The molecule has 3 saturated heterocycles. The van der Waals surface area contributed by atoms with Crippen LogP contribution in [0, 0.1) is 11.8 Å². The fraction of sp³-hybridized carbons (Fsp3) is 0.448. The van der Waals surface area contributed by atoms with Crippen molar-refractivity contribution in [2.24, 2.45) is 11.8 Å². The molecular weight excluding hydrogens is 582 g/mol. The lowest BCUT2D eigenvalue weighted by Gasteiger charge is -2.52. The lowest BCUT2D eigenvalue weighted by atomic mass is 9.72. The number of carbonyl (C=O) groups excluding carboxylic acids is 1. The number of aromatic nitrogens is 1. The molecule has 1 N–H and O–H groups in total. The molecule has 226 valence electrons. The number of amides is 2. The minimum atomic E-state index is -5.07. The van der Waals surface area contributed by atoms with Crippen molar-refractivity contribution in [3.8, 4) is 5.75 Å². The van der Waals surface area contributed by atoms with Crippen molar-refractivity contribution in [1.82, 2.24) is 15.2 Å². The number of hydrogen-bond acceptors (Lipinski definition) is 5. The average Bonchev–Trinajstić information content (AvgIpc) is 2.97. The number of ether oxygens (including phenoxy) is 1. The Morgan fingerprint density at radius 2 is 1.81 bits per heavy atom. The maximum absolute atomic E-state index is 13.6. The number of urea groups is 1. The summed E-state index contributed by atoms with van der Waals surface area (Å²) in [5.74, 6) is 1.50. The molecular formula is C29H30F6N4O2S. The number of methoxy groups -OCH3 is 1. The normalized spacial score (nSPS) is 23.1. The van der Waals surface area contributed by atoms with E-state index in [2.05, 4.69) is 34.9 Å². The lowest BCUT2D eigenvalue weighted by molar-refractivity contribution is -0.143. The molecule has 2 amide bonds. The van der Waals surface area contributed by atoms with E-state index in [1.54, 1.807) is 30.5 Å². The number of benzene rings is 2. The summed E-state index contributed by atoms with van der Waals surface area (Å²) in [5, 5.41) is 3.61. The van der Waals surface area contributed by atoms with Gasteiger partial charge in [0.2, 0.25) is 0 Å². The predicted molar refractivity (Wildman–Crippen MR) is 149 cm³/mol. The second-order valence-electron chi connectivity index (χ2n) is 10.8. The number of alkyl halides is 6. The Morgan fingerprint density at radius 3 is 2.38 bits per heavy atom. The van der Waals surface area contributed by atoms with Gasteiger partial charge in [-0.2, -0.15) is 26.3 Å². The summed E-state index contributed by atoms with van der Waals surface area (Å²) >= 11 is 4.08. The van der Waals surface area contributed by atoms with Crippen molar-refractivity contribution >= 4 is 35.4 Å². The fourth-order valence-corrected chi connectivity index (χ4v) is 6.46. The molecule has 3 aliphatic rings. The summed E-state index contributed by atoms with van der Waals surface area (Å²) in [4.78, 5) is 20.3. The number of carbonyl (C=O) groups is 1. The minimum absolute atomic E-state index is 0.0124. The molecule has 4 heterocycles. The lowest BCUT2D eigenvalue weighted by Crippen LogP contribution is -2.58. The molecule has 3 aliphatic heterocycles. The van der Waals surface area contributed by atoms with Crippen molar-refractivity contribution in [2.45, 2.75) is 50.6 Å². The molecule has 0 spiro atoms. The van der Waals surface area contributed by atoms with Crippen LogP contribution in [0.15, 0.2) is 48.7 Å². The third-order valence-electron chi connectivity index (χ3n) is 8.45. The molecule has 0 radical (unpaired) electrons. The standard InChI is InChI=1S/C29H30F6N4O2S/c1-3-16-15-38-9-7-17(16)10-25(38)26(22-6-8-36-24-5-4-21(41-2)14-23(22)24)37-27(40)39(42)20-12-18(28(30,31)32)11-19(13-20)29(33,34)35/h4-6,8,11-14,16-17,25-26,42H,3,7,9-10,15H2,1-2H3,(H,37,40). The van der Waals surface area contributed by atoms with Gasteiger partial charge in [0.1, 0.15) is 5.75 Å². The largest absolute Gasteiger partial charge is 0.497 e. The molecule has 6 nitrogen and oxygen atoms in total. The Bertz CT molecular complexity index is 1430. The number of anilines is 1. The van der Waals surface area contributed by atoms with Crippen molar-refractivity contribution in [1.29, 1.82) is 0 Å². The van der Waals surface area contributed by atoms with Crippen LogP contribution in [0.4, 0.5) is 36.8 Å². The number of hydrogen-bond donors (Lipinski definition) is 2. The zero-order valence-electron chi connectivity index (χ0n) is 22.8.